The molecule has 0 aliphatic carbocycles. The number of pyridine rings is 1. The fourth-order valence-corrected chi connectivity index (χ4v) is 4.19. The van der Waals surface area contributed by atoms with Crippen LogP contribution in [0.5, 0.6) is 0 Å². The van der Waals surface area contributed by atoms with Crippen LogP contribution in [0.15, 0.2) is 60.8 Å². The van der Waals surface area contributed by atoms with Crippen molar-refractivity contribution in [1.29, 1.82) is 0 Å². The van der Waals surface area contributed by atoms with Crippen LogP contribution in [0.25, 0.3) is 22.3 Å². The zero-order chi connectivity index (χ0) is 22.6. The van der Waals surface area contributed by atoms with Gasteiger partial charge in [-0.3, -0.25) is 4.98 Å². The van der Waals surface area contributed by atoms with Crippen molar-refractivity contribution in [3.63, 3.8) is 0 Å². The van der Waals surface area contributed by atoms with Gasteiger partial charge in [0.25, 0.3) is 0 Å². The highest BCUT2D eigenvalue weighted by molar-refractivity contribution is 5.70. The number of halogens is 1. The maximum absolute atomic E-state index is 14.9. The van der Waals surface area contributed by atoms with Crippen molar-refractivity contribution in [1.82, 2.24) is 4.98 Å². The first kappa shape index (κ1) is 24.2. The standard InChI is InChI=1S/C30H38FN/c1-3-5-7-9-10-12-24-14-16-25(17-15-24)29-21-19-26(22-30(29)31)27-18-20-28(32-23-27)13-11-8-6-4-2/h14-23H,3-13H2,1-2H3. The summed E-state index contributed by atoms with van der Waals surface area (Å²) in [4.78, 5) is 4.59. The van der Waals surface area contributed by atoms with Gasteiger partial charge in [-0.2, -0.15) is 0 Å². The predicted octanol–water partition coefficient (Wildman–Crippen LogP) is 9.19. The van der Waals surface area contributed by atoms with Crippen LogP contribution in [0, 0.1) is 5.82 Å². The van der Waals surface area contributed by atoms with Gasteiger partial charge in [0.1, 0.15) is 5.82 Å². The molecule has 0 fully saturated rings. The van der Waals surface area contributed by atoms with Gasteiger partial charge in [0.2, 0.25) is 0 Å². The van der Waals surface area contributed by atoms with Crippen LogP contribution in [0.4, 0.5) is 4.39 Å². The summed E-state index contributed by atoms with van der Waals surface area (Å²) in [5.74, 6) is -0.182. The van der Waals surface area contributed by atoms with Crippen LogP contribution in [0.2, 0.25) is 0 Å². The van der Waals surface area contributed by atoms with E-state index in [4.69, 9.17) is 0 Å². The number of benzene rings is 2. The molecule has 32 heavy (non-hydrogen) atoms. The SMILES string of the molecule is CCCCCCCc1ccc(-c2ccc(-c3ccc(CCCCCC)nc3)cc2F)cc1. The maximum atomic E-state index is 14.9. The lowest BCUT2D eigenvalue weighted by atomic mass is 9.98. The van der Waals surface area contributed by atoms with Gasteiger partial charge < -0.3 is 0 Å². The molecule has 2 heteroatoms. The van der Waals surface area contributed by atoms with E-state index in [-0.39, 0.29) is 5.82 Å². The van der Waals surface area contributed by atoms with E-state index in [9.17, 15) is 4.39 Å². The highest BCUT2D eigenvalue weighted by Gasteiger charge is 2.08. The smallest absolute Gasteiger partial charge is 0.131 e. The monoisotopic (exact) mass is 431 g/mol. The number of aryl methyl sites for hydroxylation is 2. The number of hydrogen-bond donors (Lipinski definition) is 0. The van der Waals surface area contributed by atoms with E-state index in [0.717, 1.165) is 35.2 Å². The first-order valence-electron chi connectivity index (χ1n) is 12.6. The topological polar surface area (TPSA) is 12.9 Å². The van der Waals surface area contributed by atoms with Crippen molar-refractivity contribution in [2.45, 2.75) is 84.5 Å². The molecule has 0 atom stereocenters. The molecule has 2 aromatic carbocycles. The molecule has 0 saturated heterocycles. The second kappa shape index (κ2) is 13.2. The third kappa shape index (κ3) is 7.29. The van der Waals surface area contributed by atoms with E-state index < -0.39 is 0 Å². The van der Waals surface area contributed by atoms with Crippen LogP contribution >= 0.6 is 0 Å². The van der Waals surface area contributed by atoms with E-state index in [0.29, 0.717) is 5.56 Å². The number of hydrogen-bond acceptors (Lipinski definition) is 1. The highest BCUT2D eigenvalue weighted by atomic mass is 19.1. The number of rotatable bonds is 13. The Balaban J connectivity index is 1.60. The van der Waals surface area contributed by atoms with E-state index >= 15 is 0 Å². The number of nitrogens with zero attached hydrogens (tertiary/aromatic N) is 1. The van der Waals surface area contributed by atoms with Crippen LogP contribution in [-0.4, -0.2) is 4.98 Å². The zero-order valence-corrected chi connectivity index (χ0v) is 19.9. The molecular formula is C30H38FN. The maximum Gasteiger partial charge on any atom is 0.131 e. The lowest BCUT2D eigenvalue weighted by Crippen LogP contribution is -1.92. The van der Waals surface area contributed by atoms with E-state index in [1.807, 2.05) is 30.5 Å². The lowest BCUT2D eigenvalue weighted by molar-refractivity contribution is 0.631. The van der Waals surface area contributed by atoms with Crippen molar-refractivity contribution in [3.05, 3.63) is 77.9 Å². The van der Waals surface area contributed by atoms with Gasteiger partial charge in [0.15, 0.2) is 0 Å². The quantitative estimate of drug-likeness (QED) is 0.246. The van der Waals surface area contributed by atoms with Crippen LogP contribution < -0.4 is 0 Å². The fraction of sp³-hybridized carbons (Fsp3) is 0.433. The largest absolute Gasteiger partial charge is 0.261 e. The van der Waals surface area contributed by atoms with E-state index in [1.165, 1.54) is 63.4 Å². The Bertz CT molecular complexity index is 928. The summed E-state index contributed by atoms with van der Waals surface area (Å²) in [5.41, 5.74) is 5.88. The normalized spacial score (nSPS) is 11.1. The Hall–Kier alpha value is -2.48. The summed E-state index contributed by atoms with van der Waals surface area (Å²) in [6.45, 7) is 4.47. The summed E-state index contributed by atoms with van der Waals surface area (Å²) in [6.07, 6.45) is 15.4. The van der Waals surface area contributed by atoms with Crippen LogP contribution in [0.3, 0.4) is 0 Å². The Labute approximate surface area is 194 Å². The molecule has 0 unspecified atom stereocenters. The van der Waals surface area contributed by atoms with Crippen LogP contribution in [0.1, 0.15) is 82.9 Å². The molecule has 170 valence electrons. The molecule has 1 heterocycles. The second-order valence-electron chi connectivity index (χ2n) is 8.90. The van der Waals surface area contributed by atoms with Gasteiger partial charge in [-0.15, -0.1) is 0 Å². The third-order valence-electron chi connectivity index (χ3n) is 6.25. The summed E-state index contributed by atoms with van der Waals surface area (Å²) < 4.78 is 14.9. The third-order valence-corrected chi connectivity index (χ3v) is 6.25. The molecular weight excluding hydrogens is 393 g/mol. The van der Waals surface area contributed by atoms with Gasteiger partial charge in [0.05, 0.1) is 0 Å². The van der Waals surface area contributed by atoms with Gasteiger partial charge in [-0.1, -0.05) is 101 Å². The lowest BCUT2D eigenvalue weighted by Gasteiger charge is -2.09. The molecule has 0 bridgehead atoms. The van der Waals surface area contributed by atoms with Gasteiger partial charge in [-0.05, 0) is 54.5 Å². The minimum Gasteiger partial charge on any atom is -0.261 e. The zero-order valence-electron chi connectivity index (χ0n) is 19.9. The number of aromatic nitrogens is 1. The van der Waals surface area contributed by atoms with Crippen molar-refractivity contribution in [3.8, 4) is 22.3 Å². The highest BCUT2D eigenvalue weighted by Crippen LogP contribution is 2.28. The molecule has 0 N–H and O–H groups in total. The Morgan fingerprint density at radius 1 is 0.625 bits per heavy atom. The van der Waals surface area contributed by atoms with E-state index in [2.05, 4.69) is 43.1 Å². The molecule has 0 aliphatic rings. The van der Waals surface area contributed by atoms with Crippen molar-refractivity contribution < 1.29 is 4.39 Å². The van der Waals surface area contributed by atoms with Gasteiger partial charge >= 0.3 is 0 Å². The Kier molecular flexibility index (Phi) is 9.94. The minimum absolute atomic E-state index is 0.182. The van der Waals surface area contributed by atoms with Gasteiger partial charge in [0, 0.05) is 23.0 Å². The summed E-state index contributed by atoms with van der Waals surface area (Å²) in [7, 11) is 0. The molecule has 0 radical (unpaired) electrons. The summed E-state index contributed by atoms with van der Waals surface area (Å²) in [5, 5.41) is 0. The number of unbranched alkanes of at least 4 members (excludes halogenated alkanes) is 7. The Morgan fingerprint density at radius 3 is 1.91 bits per heavy atom. The van der Waals surface area contributed by atoms with Crippen LogP contribution in [-0.2, 0) is 12.8 Å². The average molecular weight is 432 g/mol. The van der Waals surface area contributed by atoms with Crippen molar-refractivity contribution in [2.75, 3.05) is 0 Å². The molecule has 3 rings (SSSR count). The minimum atomic E-state index is -0.182. The summed E-state index contributed by atoms with van der Waals surface area (Å²) in [6, 6.07) is 18.1. The fourth-order valence-electron chi connectivity index (χ4n) is 4.19. The summed E-state index contributed by atoms with van der Waals surface area (Å²) >= 11 is 0. The first-order valence-corrected chi connectivity index (χ1v) is 12.6. The van der Waals surface area contributed by atoms with Crippen molar-refractivity contribution in [2.24, 2.45) is 0 Å². The average Bonchev–Trinajstić information content (AvgIpc) is 2.83. The molecule has 0 saturated carbocycles. The molecule has 0 spiro atoms. The molecule has 1 aromatic heterocycles. The Morgan fingerprint density at radius 2 is 1.25 bits per heavy atom. The molecule has 3 aromatic rings. The van der Waals surface area contributed by atoms with Gasteiger partial charge in [-0.25, -0.2) is 4.39 Å². The van der Waals surface area contributed by atoms with Crippen molar-refractivity contribution >= 4 is 0 Å². The molecule has 0 aliphatic heterocycles. The van der Waals surface area contributed by atoms with E-state index in [1.54, 1.807) is 6.07 Å². The molecule has 0 amide bonds. The first-order chi connectivity index (χ1) is 15.7. The molecule has 1 nitrogen and oxygen atoms in total. The second-order valence-corrected chi connectivity index (χ2v) is 8.90. The predicted molar refractivity (Wildman–Crippen MR) is 135 cm³/mol.